The van der Waals surface area contributed by atoms with Gasteiger partial charge in [0.2, 0.25) is 0 Å². The summed E-state index contributed by atoms with van der Waals surface area (Å²) < 4.78 is 5.12. The molecule has 0 amide bonds. The second kappa shape index (κ2) is 7.27. The maximum absolute atomic E-state index is 10.1. The molecule has 2 rings (SSSR count). The number of hydrogen-bond donors (Lipinski definition) is 0. The number of aldehydes is 1. The summed E-state index contributed by atoms with van der Waals surface area (Å²) >= 11 is 0. The van der Waals surface area contributed by atoms with Crippen LogP contribution in [0.4, 0.5) is 0 Å². The third-order valence-electron chi connectivity index (χ3n) is 3.39. The molecule has 18 heavy (non-hydrogen) atoms. The fraction of sp³-hybridized carbons (Fsp3) is 0.600. The lowest BCUT2D eigenvalue weighted by molar-refractivity contribution is -0.111. The number of unbranched alkanes of at least 4 members (excludes halogenated alkanes) is 1. The monoisotopic (exact) mass is 247 g/mol. The first kappa shape index (κ1) is 13.2. The average molecular weight is 247 g/mol. The molecule has 0 unspecified atom stereocenters. The van der Waals surface area contributed by atoms with Crippen LogP contribution in [0.3, 0.4) is 0 Å². The Hall–Kier alpha value is -1.22. The van der Waals surface area contributed by atoms with Gasteiger partial charge in [0.05, 0.1) is 0 Å². The van der Waals surface area contributed by atoms with Crippen molar-refractivity contribution in [1.82, 2.24) is 4.98 Å². The van der Waals surface area contributed by atoms with Crippen LogP contribution in [0.1, 0.15) is 42.6 Å². The summed E-state index contributed by atoms with van der Waals surface area (Å²) in [5.41, 5.74) is 3.96. The number of fused-ring (bicyclic) bond motifs is 1. The van der Waals surface area contributed by atoms with Gasteiger partial charge in [-0.25, -0.2) is 0 Å². The molecule has 1 heterocycles. The van der Waals surface area contributed by atoms with E-state index in [9.17, 15) is 4.79 Å². The van der Waals surface area contributed by atoms with E-state index in [-0.39, 0.29) is 6.61 Å². The average Bonchev–Trinajstić information content (AvgIpc) is 2.42. The molecule has 0 saturated carbocycles. The van der Waals surface area contributed by atoms with Crippen molar-refractivity contribution < 1.29 is 9.53 Å². The minimum atomic E-state index is 0.219. The Bertz CT molecular complexity index is 390. The van der Waals surface area contributed by atoms with Gasteiger partial charge < -0.3 is 9.53 Å². The van der Waals surface area contributed by atoms with Gasteiger partial charge in [-0.05, 0) is 56.6 Å². The number of rotatable bonds is 7. The molecule has 0 fully saturated rings. The summed E-state index contributed by atoms with van der Waals surface area (Å²) in [5, 5.41) is 0. The zero-order valence-electron chi connectivity index (χ0n) is 10.9. The molecule has 0 spiro atoms. The van der Waals surface area contributed by atoms with Crippen molar-refractivity contribution in [1.29, 1.82) is 0 Å². The van der Waals surface area contributed by atoms with E-state index in [1.54, 1.807) is 0 Å². The molecular weight excluding hydrogens is 226 g/mol. The lowest BCUT2D eigenvalue weighted by atomic mass is 9.95. The van der Waals surface area contributed by atoms with E-state index in [2.05, 4.69) is 12.1 Å². The predicted molar refractivity (Wildman–Crippen MR) is 70.7 cm³/mol. The second-order valence-corrected chi connectivity index (χ2v) is 4.81. The van der Waals surface area contributed by atoms with Crippen LogP contribution in [-0.4, -0.2) is 24.5 Å². The molecule has 0 N–H and O–H groups in total. The molecular formula is C15H21NO2. The summed E-state index contributed by atoms with van der Waals surface area (Å²) in [6.07, 6.45) is 8.80. The van der Waals surface area contributed by atoms with Gasteiger partial charge in [0.15, 0.2) is 0 Å². The summed E-state index contributed by atoms with van der Waals surface area (Å²) in [6.45, 7) is 0.890. The van der Waals surface area contributed by atoms with Gasteiger partial charge in [-0.15, -0.1) is 0 Å². The Labute approximate surface area is 109 Å². The van der Waals surface area contributed by atoms with Gasteiger partial charge in [0.25, 0.3) is 0 Å². The molecule has 0 saturated heterocycles. The van der Waals surface area contributed by atoms with Gasteiger partial charge in [0.1, 0.15) is 12.9 Å². The number of aromatic nitrogens is 1. The summed E-state index contributed by atoms with van der Waals surface area (Å²) in [6, 6.07) is 4.41. The van der Waals surface area contributed by atoms with E-state index in [4.69, 9.17) is 9.72 Å². The summed E-state index contributed by atoms with van der Waals surface area (Å²) in [4.78, 5) is 14.8. The Morgan fingerprint density at radius 2 is 2.11 bits per heavy atom. The maximum Gasteiger partial charge on any atom is 0.145 e. The number of aryl methyl sites for hydroxylation is 3. The Kier molecular flexibility index (Phi) is 5.34. The van der Waals surface area contributed by atoms with Crippen LogP contribution in [0.25, 0.3) is 0 Å². The highest BCUT2D eigenvalue weighted by atomic mass is 16.5. The molecule has 0 atom stereocenters. The van der Waals surface area contributed by atoms with Crippen molar-refractivity contribution in [2.75, 3.05) is 13.2 Å². The highest BCUT2D eigenvalue weighted by molar-refractivity contribution is 5.50. The third kappa shape index (κ3) is 3.91. The molecule has 1 aliphatic carbocycles. The van der Waals surface area contributed by atoms with Crippen molar-refractivity contribution in [3.05, 3.63) is 29.1 Å². The Morgan fingerprint density at radius 1 is 1.22 bits per heavy atom. The molecule has 1 aromatic rings. The highest BCUT2D eigenvalue weighted by Crippen LogP contribution is 2.20. The quantitative estimate of drug-likeness (QED) is 0.549. The van der Waals surface area contributed by atoms with Crippen molar-refractivity contribution in [2.45, 2.75) is 44.9 Å². The minimum absolute atomic E-state index is 0.219. The first-order valence-corrected chi connectivity index (χ1v) is 6.89. The molecule has 0 bridgehead atoms. The second-order valence-electron chi connectivity index (χ2n) is 4.81. The third-order valence-corrected chi connectivity index (χ3v) is 3.39. The Morgan fingerprint density at radius 3 is 3.00 bits per heavy atom. The molecule has 1 aliphatic rings. The number of hydrogen-bond acceptors (Lipinski definition) is 3. The van der Waals surface area contributed by atoms with E-state index < -0.39 is 0 Å². The van der Waals surface area contributed by atoms with E-state index in [0.29, 0.717) is 6.61 Å². The lowest BCUT2D eigenvalue weighted by Gasteiger charge is -2.15. The van der Waals surface area contributed by atoms with Crippen molar-refractivity contribution in [3.63, 3.8) is 0 Å². The van der Waals surface area contributed by atoms with Gasteiger partial charge in [0, 0.05) is 18.0 Å². The van der Waals surface area contributed by atoms with Crippen molar-refractivity contribution in [3.8, 4) is 0 Å². The lowest BCUT2D eigenvalue weighted by Crippen LogP contribution is -2.07. The summed E-state index contributed by atoms with van der Waals surface area (Å²) in [7, 11) is 0. The molecule has 98 valence electrons. The van der Waals surface area contributed by atoms with E-state index >= 15 is 0 Å². The van der Waals surface area contributed by atoms with Crippen molar-refractivity contribution in [2.24, 2.45) is 0 Å². The first-order valence-electron chi connectivity index (χ1n) is 6.89. The number of pyridine rings is 1. The molecule has 1 aromatic heterocycles. The molecule has 0 aliphatic heterocycles. The van der Waals surface area contributed by atoms with Crippen LogP contribution in [0.5, 0.6) is 0 Å². The zero-order chi connectivity index (χ0) is 12.6. The smallest absolute Gasteiger partial charge is 0.145 e. The van der Waals surface area contributed by atoms with Crippen LogP contribution in [0.15, 0.2) is 12.1 Å². The topological polar surface area (TPSA) is 39.2 Å². The number of carbonyl (C=O) groups excluding carboxylic acids is 1. The molecule has 3 heteroatoms. The van der Waals surface area contributed by atoms with Gasteiger partial charge in [-0.3, -0.25) is 4.98 Å². The molecule has 0 radical (unpaired) electrons. The van der Waals surface area contributed by atoms with Gasteiger partial charge in [-0.1, -0.05) is 6.07 Å². The van der Waals surface area contributed by atoms with Crippen molar-refractivity contribution >= 4 is 6.29 Å². The standard InChI is InChI=1S/C15H21NO2/c17-10-12-18-11-4-3-6-14-9-8-13-5-1-2-7-15(13)16-14/h8-10H,1-7,11-12H2. The maximum atomic E-state index is 10.1. The van der Waals surface area contributed by atoms with Crippen LogP contribution < -0.4 is 0 Å². The van der Waals surface area contributed by atoms with Crippen LogP contribution >= 0.6 is 0 Å². The van der Waals surface area contributed by atoms with Crippen LogP contribution in [0, 0.1) is 0 Å². The Balaban J connectivity index is 1.74. The first-order chi connectivity index (χ1) is 8.90. The van der Waals surface area contributed by atoms with E-state index in [1.165, 1.54) is 36.2 Å². The largest absolute Gasteiger partial charge is 0.374 e. The number of carbonyl (C=O) groups is 1. The SMILES string of the molecule is O=CCOCCCCc1ccc2c(n1)CCCC2. The van der Waals surface area contributed by atoms with E-state index in [1.807, 2.05) is 0 Å². The van der Waals surface area contributed by atoms with Crippen LogP contribution in [-0.2, 0) is 28.8 Å². The predicted octanol–water partition coefficient (Wildman–Crippen LogP) is 2.50. The highest BCUT2D eigenvalue weighted by Gasteiger charge is 2.10. The van der Waals surface area contributed by atoms with Gasteiger partial charge >= 0.3 is 0 Å². The van der Waals surface area contributed by atoms with Gasteiger partial charge in [-0.2, -0.15) is 0 Å². The number of ether oxygens (including phenoxy) is 1. The minimum Gasteiger partial charge on any atom is -0.374 e. The normalized spacial score (nSPS) is 14.2. The molecule has 3 nitrogen and oxygen atoms in total. The number of nitrogens with zero attached hydrogens (tertiary/aromatic N) is 1. The van der Waals surface area contributed by atoms with Crippen LogP contribution in [0.2, 0.25) is 0 Å². The fourth-order valence-electron chi connectivity index (χ4n) is 2.41. The molecule has 0 aromatic carbocycles. The fourth-order valence-corrected chi connectivity index (χ4v) is 2.41. The van der Waals surface area contributed by atoms with E-state index in [0.717, 1.165) is 32.0 Å². The zero-order valence-corrected chi connectivity index (χ0v) is 10.9. The summed E-state index contributed by atoms with van der Waals surface area (Å²) in [5.74, 6) is 0.